The molecule has 0 unspecified atom stereocenters. The van der Waals surface area contributed by atoms with Crippen molar-refractivity contribution in [3.05, 3.63) is 75.1 Å². The van der Waals surface area contributed by atoms with E-state index in [1.165, 1.54) is 11.8 Å². The van der Waals surface area contributed by atoms with Crippen molar-refractivity contribution in [3.8, 4) is 5.82 Å². The van der Waals surface area contributed by atoms with Gasteiger partial charge in [0.2, 0.25) is 0 Å². The topological polar surface area (TPSA) is 92.7 Å². The molecule has 7 heteroatoms. The largest absolute Gasteiger partial charge is 0.348 e. The van der Waals surface area contributed by atoms with Gasteiger partial charge in [0.1, 0.15) is 0 Å². The molecular formula is C19H19N5O2. The van der Waals surface area contributed by atoms with E-state index >= 15 is 0 Å². The zero-order valence-electron chi connectivity index (χ0n) is 14.5. The van der Waals surface area contributed by atoms with E-state index in [2.05, 4.69) is 20.4 Å². The molecule has 26 heavy (non-hydrogen) atoms. The van der Waals surface area contributed by atoms with E-state index in [4.69, 9.17) is 0 Å². The second-order valence-electron chi connectivity index (χ2n) is 6.41. The van der Waals surface area contributed by atoms with Gasteiger partial charge in [0.05, 0.1) is 17.5 Å². The van der Waals surface area contributed by atoms with Crippen LogP contribution in [0.3, 0.4) is 0 Å². The lowest BCUT2D eigenvalue weighted by atomic mass is 10.1. The molecule has 4 rings (SSSR count). The van der Waals surface area contributed by atoms with Gasteiger partial charge in [-0.15, -0.1) is 0 Å². The van der Waals surface area contributed by atoms with E-state index in [-0.39, 0.29) is 18.0 Å². The summed E-state index contributed by atoms with van der Waals surface area (Å²) in [5.74, 6) is 0.392. The fraction of sp³-hybridized carbons (Fsp3) is 0.263. The summed E-state index contributed by atoms with van der Waals surface area (Å²) < 4.78 is 1.62. The quantitative estimate of drug-likeness (QED) is 0.749. The van der Waals surface area contributed by atoms with Gasteiger partial charge in [0, 0.05) is 24.0 Å². The van der Waals surface area contributed by atoms with Gasteiger partial charge in [-0.1, -0.05) is 6.07 Å². The van der Waals surface area contributed by atoms with Crippen molar-refractivity contribution in [2.45, 2.75) is 32.7 Å². The number of nitrogens with one attached hydrogen (secondary N) is 2. The van der Waals surface area contributed by atoms with Gasteiger partial charge < -0.3 is 10.3 Å². The lowest BCUT2D eigenvalue weighted by Gasteiger charge is -2.07. The minimum Gasteiger partial charge on any atom is -0.348 e. The molecule has 132 valence electrons. The third-order valence-corrected chi connectivity index (χ3v) is 4.73. The first-order valence-corrected chi connectivity index (χ1v) is 8.61. The summed E-state index contributed by atoms with van der Waals surface area (Å²) in [6.45, 7) is 2.01. The molecule has 0 saturated carbocycles. The molecule has 0 spiro atoms. The maximum Gasteiger partial charge on any atom is 0.255 e. The maximum atomic E-state index is 12.5. The van der Waals surface area contributed by atoms with Crippen molar-refractivity contribution >= 4 is 5.91 Å². The van der Waals surface area contributed by atoms with Crippen LogP contribution in [0.2, 0.25) is 0 Å². The number of rotatable bonds is 4. The summed E-state index contributed by atoms with van der Waals surface area (Å²) in [5, 5.41) is 7.07. The van der Waals surface area contributed by atoms with Gasteiger partial charge in [0.25, 0.3) is 11.5 Å². The Morgan fingerprint density at radius 1 is 1.35 bits per heavy atom. The third-order valence-electron chi connectivity index (χ3n) is 4.73. The molecule has 0 radical (unpaired) electrons. The van der Waals surface area contributed by atoms with Gasteiger partial charge in [-0.05, 0) is 49.9 Å². The summed E-state index contributed by atoms with van der Waals surface area (Å²) in [6, 6.07) is 7.42. The third kappa shape index (κ3) is 2.92. The molecular weight excluding hydrogens is 330 g/mol. The molecule has 0 atom stereocenters. The Labute approximate surface area is 150 Å². The van der Waals surface area contributed by atoms with E-state index in [1.54, 1.807) is 10.9 Å². The number of carbonyl (C=O) groups excluding carboxylic acids is 1. The van der Waals surface area contributed by atoms with E-state index in [9.17, 15) is 9.59 Å². The van der Waals surface area contributed by atoms with Gasteiger partial charge >= 0.3 is 0 Å². The van der Waals surface area contributed by atoms with Crippen LogP contribution in [-0.4, -0.2) is 25.7 Å². The zero-order valence-corrected chi connectivity index (χ0v) is 14.5. The number of hydrogen-bond acceptors (Lipinski definition) is 4. The van der Waals surface area contributed by atoms with Crippen molar-refractivity contribution in [2.24, 2.45) is 0 Å². The molecule has 2 N–H and O–H groups in total. The second-order valence-corrected chi connectivity index (χ2v) is 6.41. The zero-order chi connectivity index (χ0) is 18.1. The van der Waals surface area contributed by atoms with Crippen molar-refractivity contribution in [2.75, 3.05) is 0 Å². The molecule has 0 saturated heterocycles. The minimum atomic E-state index is -0.260. The highest BCUT2D eigenvalue weighted by Crippen LogP contribution is 2.19. The number of amides is 1. The molecule has 1 aliphatic rings. The molecule has 7 nitrogen and oxygen atoms in total. The Morgan fingerprint density at radius 2 is 2.23 bits per heavy atom. The summed E-state index contributed by atoms with van der Waals surface area (Å²) in [5.41, 5.74) is 3.81. The van der Waals surface area contributed by atoms with Crippen LogP contribution in [0.5, 0.6) is 0 Å². The summed E-state index contributed by atoms with van der Waals surface area (Å²) >= 11 is 0. The first-order chi connectivity index (χ1) is 12.6. The number of aryl methyl sites for hydroxylation is 2. The normalized spacial score (nSPS) is 12.8. The SMILES string of the molecule is Cc1c(C(=O)NCc2cc3c([nH]c2=O)CCC3)cnn1-c1ccccn1. The fourth-order valence-electron chi connectivity index (χ4n) is 3.31. The first kappa shape index (κ1) is 16.3. The van der Waals surface area contributed by atoms with Crippen LogP contribution in [0.25, 0.3) is 5.82 Å². The van der Waals surface area contributed by atoms with Gasteiger partial charge in [-0.25, -0.2) is 9.67 Å². The Balaban J connectivity index is 1.51. The number of pyridine rings is 2. The van der Waals surface area contributed by atoms with Crippen molar-refractivity contribution in [3.63, 3.8) is 0 Å². The van der Waals surface area contributed by atoms with Crippen LogP contribution in [0.1, 0.15) is 39.3 Å². The van der Waals surface area contributed by atoms with Crippen LogP contribution in [0.4, 0.5) is 0 Å². The van der Waals surface area contributed by atoms with E-state index in [1.807, 2.05) is 31.2 Å². The smallest absolute Gasteiger partial charge is 0.255 e. The average Bonchev–Trinajstić information content (AvgIpc) is 3.26. The number of H-pyrrole nitrogens is 1. The lowest BCUT2D eigenvalue weighted by molar-refractivity contribution is 0.0950. The van der Waals surface area contributed by atoms with Gasteiger partial charge in [-0.2, -0.15) is 5.10 Å². The monoisotopic (exact) mass is 349 g/mol. The minimum absolute atomic E-state index is 0.133. The van der Waals surface area contributed by atoms with Crippen molar-refractivity contribution in [1.82, 2.24) is 25.1 Å². The molecule has 3 heterocycles. The predicted molar refractivity (Wildman–Crippen MR) is 96.4 cm³/mol. The molecule has 0 bridgehead atoms. The highest BCUT2D eigenvalue weighted by molar-refractivity contribution is 5.95. The Morgan fingerprint density at radius 3 is 3.04 bits per heavy atom. The maximum absolute atomic E-state index is 12.5. The first-order valence-electron chi connectivity index (χ1n) is 8.61. The average molecular weight is 349 g/mol. The number of aromatic nitrogens is 4. The van der Waals surface area contributed by atoms with E-state index in [0.717, 1.165) is 25.0 Å². The van der Waals surface area contributed by atoms with Crippen LogP contribution >= 0.6 is 0 Å². The summed E-state index contributed by atoms with van der Waals surface area (Å²) in [6.07, 6.45) is 6.15. The number of hydrogen-bond donors (Lipinski definition) is 2. The number of fused-ring (bicyclic) bond motifs is 1. The van der Waals surface area contributed by atoms with Crippen LogP contribution < -0.4 is 10.9 Å². The highest BCUT2D eigenvalue weighted by atomic mass is 16.2. The lowest BCUT2D eigenvalue weighted by Crippen LogP contribution is -2.27. The van der Waals surface area contributed by atoms with Gasteiger partial charge in [-0.3, -0.25) is 9.59 Å². The number of carbonyl (C=O) groups is 1. The number of nitrogens with zero attached hydrogens (tertiary/aromatic N) is 3. The van der Waals surface area contributed by atoms with Crippen LogP contribution in [-0.2, 0) is 19.4 Å². The Hall–Kier alpha value is -3.22. The molecule has 3 aromatic heterocycles. The van der Waals surface area contributed by atoms with Crippen molar-refractivity contribution in [1.29, 1.82) is 0 Å². The van der Waals surface area contributed by atoms with E-state index < -0.39 is 0 Å². The van der Waals surface area contributed by atoms with Gasteiger partial charge in [0.15, 0.2) is 5.82 Å². The predicted octanol–water partition coefficient (Wildman–Crippen LogP) is 1.68. The molecule has 3 aromatic rings. The standard InChI is InChI=1S/C19H19N5O2/c1-12-15(11-22-24(12)17-7-2-3-8-20-17)19(26)21-10-14-9-13-5-4-6-16(13)23-18(14)25/h2-3,7-9,11H,4-6,10H2,1H3,(H,21,26)(H,23,25). The molecule has 0 fully saturated rings. The van der Waals surface area contributed by atoms with Crippen LogP contribution in [0.15, 0.2) is 41.5 Å². The summed E-state index contributed by atoms with van der Waals surface area (Å²) in [4.78, 5) is 31.9. The van der Waals surface area contributed by atoms with E-state index in [0.29, 0.717) is 22.6 Å². The molecule has 1 amide bonds. The summed E-state index contributed by atoms with van der Waals surface area (Å²) in [7, 11) is 0. The van der Waals surface area contributed by atoms with Crippen molar-refractivity contribution < 1.29 is 4.79 Å². The fourth-order valence-corrected chi connectivity index (χ4v) is 3.31. The molecule has 0 aliphatic heterocycles. The second kappa shape index (κ2) is 6.59. The Kier molecular flexibility index (Phi) is 4.12. The molecule has 0 aromatic carbocycles. The number of aromatic amines is 1. The molecule has 1 aliphatic carbocycles. The Bertz CT molecular complexity index is 1020. The highest BCUT2D eigenvalue weighted by Gasteiger charge is 2.17. The van der Waals surface area contributed by atoms with Crippen LogP contribution in [0, 0.1) is 6.92 Å².